The van der Waals surface area contributed by atoms with Crippen LogP contribution in [0.15, 0.2) is 0 Å². The van der Waals surface area contributed by atoms with E-state index in [1.165, 1.54) is 17.0 Å². The third-order valence-electron chi connectivity index (χ3n) is 0.781. The van der Waals surface area contributed by atoms with Crippen LogP contribution < -0.4 is 0 Å². The molecule has 0 radical (unpaired) electrons. The van der Waals surface area contributed by atoms with E-state index < -0.39 is 0 Å². The maximum atomic E-state index is 2.27. The van der Waals surface area contributed by atoms with E-state index in [1.54, 1.807) is 0 Å². The van der Waals surface area contributed by atoms with Gasteiger partial charge >= 0.3 is 46.1 Å². The third kappa shape index (κ3) is 4.53. The topological polar surface area (TPSA) is 0 Å². The average Bonchev–Trinajstić information content (AvgIpc) is 1.61. The van der Waals surface area contributed by atoms with Crippen LogP contribution in [0, 0.1) is 0 Å². The quantitative estimate of drug-likeness (QED) is 0.375. The van der Waals surface area contributed by atoms with Crippen molar-refractivity contribution in [2.45, 2.75) is 30.8 Å². The van der Waals surface area contributed by atoms with E-state index in [0.717, 1.165) is 15.2 Å². The number of rotatable bonds is 3. The summed E-state index contributed by atoms with van der Waals surface area (Å²) in [5.74, 6) is 0. The molecular formula is C5H12Al+. The molecule has 0 aliphatic rings. The third-order valence-corrected chi connectivity index (χ3v) is 2.34. The van der Waals surface area contributed by atoms with Gasteiger partial charge in [-0.1, -0.05) is 0 Å². The van der Waals surface area contributed by atoms with Gasteiger partial charge in [0.05, 0.1) is 0 Å². The summed E-state index contributed by atoms with van der Waals surface area (Å²) >= 11 is 0.818. The van der Waals surface area contributed by atoms with Gasteiger partial charge in [-0.25, -0.2) is 0 Å². The van der Waals surface area contributed by atoms with Gasteiger partial charge in [0, 0.05) is 0 Å². The molecule has 34 valence electrons. The molecule has 0 N–H and O–H groups in total. The second-order valence-electron chi connectivity index (χ2n) is 1.49. The molecule has 0 amide bonds. The predicted molar refractivity (Wildman–Crippen MR) is 31.3 cm³/mol. The molecule has 0 bridgehead atoms. The van der Waals surface area contributed by atoms with Gasteiger partial charge in [0.1, 0.15) is 0 Å². The molecule has 0 saturated heterocycles. The van der Waals surface area contributed by atoms with Gasteiger partial charge in [-0.3, -0.25) is 0 Å². The first-order valence-corrected chi connectivity index (χ1v) is 4.36. The predicted octanol–water partition coefficient (Wildman–Crippen LogP) is 1.96. The Hall–Kier alpha value is 0.532. The number of hydrogen-bond donors (Lipinski definition) is 0. The van der Waals surface area contributed by atoms with Crippen molar-refractivity contribution < 1.29 is 0 Å². The van der Waals surface area contributed by atoms with Crippen molar-refractivity contribution in [2.75, 3.05) is 0 Å². The Morgan fingerprint density at radius 2 is 2.00 bits per heavy atom. The number of hydrogen-bond acceptors (Lipinski definition) is 0. The zero-order valence-electron chi connectivity index (χ0n) is 4.70. The Morgan fingerprint density at radius 1 is 1.33 bits per heavy atom. The molecule has 0 unspecified atom stereocenters. The van der Waals surface area contributed by atoms with Crippen LogP contribution in [0.25, 0.3) is 0 Å². The molecule has 0 nitrogen and oxygen atoms in total. The molecule has 0 heterocycles. The van der Waals surface area contributed by atoms with Crippen molar-refractivity contribution in [2.24, 2.45) is 0 Å². The second kappa shape index (κ2) is 5.53. The fraction of sp³-hybridized carbons (Fsp3) is 1.00. The van der Waals surface area contributed by atoms with Gasteiger partial charge in [0.2, 0.25) is 0 Å². The summed E-state index contributed by atoms with van der Waals surface area (Å²) in [6.45, 7) is 4.52. The molecule has 1 heteroatoms. The molecule has 0 saturated carbocycles. The molecular weight excluding hydrogens is 87.0 g/mol. The average molecular weight is 99.1 g/mol. The van der Waals surface area contributed by atoms with Crippen molar-refractivity contribution in [1.82, 2.24) is 0 Å². The molecule has 0 atom stereocenters. The first-order chi connectivity index (χ1) is 2.91. The first-order valence-electron chi connectivity index (χ1n) is 2.73. The summed E-state index contributed by atoms with van der Waals surface area (Å²) < 4.78 is 0. The Kier molecular flexibility index (Phi) is 6.02. The van der Waals surface area contributed by atoms with E-state index in [1.807, 2.05) is 0 Å². The summed E-state index contributed by atoms with van der Waals surface area (Å²) in [5, 5.41) is 2.93. The van der Waals surface area contributed by atoms with Gasteiger partial charge in [-0.05, 0) is 0 Å². The molecule has 0 rings (SSSR count). The van der Waals surface area contributed by atoms with E-state index >= 15 is 0 Å². The zero-order chi connectivity index (χ0) is 4.83. The van der Waals surface area contributed by atoms with Crippen molar-refractivity contribution >= 4 is 15.2 Å². The molecule has 0 aliphatic heterocycles. The van der Waals surface area contributed by atoms with E-state index in [-0.39, 0.29) is 0 Å². The van der Waals surface area contributed by atoms with Crippen LogP contribution in [0.4, 0.5) is 0 Å². The van der Waals surface area contributed by atoms with Crippen molar-refractivity contribution in [1.29, 1.82) is 0 Å². The Balaban J connectivity index is 2.34. The van der Waals surface area contributed by atoms with Crippen molar-refractivity contribution in [3.05, 3.63) is 0 Å². The van der Waals surface area contributed by atoms with Gasteiger partial charge < -0.3 is 0 Å². The van der Waals surface area contributed by atoms with Crippen molar-refractivity contribution in [3.8, 4) is 0 Å². The molecule has 0 aliphatic carbocycles. The summed E-state index contributed by atoms with van der Waals surface area (Å²) in [5.41, 5.74) is 0. The van der Waals surface area contributed by atoms with E-state index in [2.05, 4.69) is 13.8 Å². The van der Waals surface area contributed by atoms with Crippen molar-refractivity contribution in [3.63, 3.8) is 0 Å². The van der Waals surface area contributed by atoms with Crippen LogP contribution in [-0.2, 0) is 0 Å². The molecule has 0 aromatic heterocycles. The van der Waals surface area contributed by atoms with E-state index in [9.17, 15) is 0 Å². The molecule has 0 fully saturated rings. The summed E-state index contributed by atoms with van der Waals surface area (Å²) in [6, 6.07) is 0. The van der Waals surface area contributed by atoms with Crippen LogP contribution in [0.3, 0.4) is 0 Å². The fourth-order valence-corrected chi connectivity index (χ4v) is 1.22. The molecule has 0 aromatic rings. The normalized spacial score (nSPS) is 7.67. The summed E-state index contributed by atoms with van der Waals surface area (Å²) in [6.07, 6.45) is 1.39. The molecule has 0 spiro atoms. The standard InChI is InChI=1S/C3H7.C2H5.Al/c1-3-2;1-2;/h1,3H2,2H3;1H2,2H3;/q;;+1. The van der Waals surface area contributed by atoms with Gasteiger partial charge in [0.25, 0.3) is 0 Å². The maximum absolute atomic E-state index is 2.27. The van der Waals surface area contributed by atoms with E-state index in [0.29, 0.717) is 0 Å². The van der Waals surface area contributed by atoms with Gasteiger partial charge in [-0.15, -0.1) is 0 Å². The van der Waals surface area contributed by atoms with Crippen LogP contribution in [-0.4, -0.2) is 15.2 Å². The zero-order valence-corrected chi connectivity index (χ0v) is 5.85. The summed E-state index contributed by atoms with van der Waals surface area (Å²) in [7, 11) is 0. The molecule has 0 aromatic carbocycles. The van der Waals surface area contributed by atoms with Crippen LogP contribution in [0.2, 0.25) is 10.6 Å². The van der Waals surface area contributed by atoms with E-state index in [4.69, 9.17) is 0 Å². The Morgan fingerprint density at radius 3 is 2.17 bits per heavy atom. The monoisotopic (exact) mass is 99.1 g/mol. The van der Waals surface area contributed by atoms with Gasteiger partial charge in [0.15, 0.2) is 0 Å². The van der Waals surface area contributed by atoms with Crippen LogP contribution in [0.5, 0.6) is 0 Å². The Labute approximate surface area is 46.7 Å². The Bertz CT molecular complexity index is 15.9. The van der Waals surface area contributed by atoms with Gasteiger partial charge in [-0.2, -0.15) is 0 Å². The molecule has 6 heavy (non-hydrogen) atoms. The van der Waals surface area contributed by atoms with Crippen LogP contribution >= 0.6 is 0 Å². The minimum absolute atomic E-state index is 0.818. The first kappa shape index (κ1) is 6.53. The minimum atomic E-state index is 0.818. The SMILES string of the molecule is CC[CH2][Al+][CH2]C. The fourth-order valence-electron chi connectivity index (χ4n) is 0.408. The van der Waals surface area contributed by atoms with Crippen LogP contribution in [0.1, 0.15) is 20.3 Å². The summed E-state index contributed by atoms with van der Waals surface area (Å²) in [4.78, 5) is 0. The second-order valence-corrected chi connectivity index (χ2v) is 3.46.